The minimum absolute atomic E-state index is 0.0864. The Labute approximate surface area is 105 Å². The molecule has 1 fully saturated rings. The molecule has 0 heterocycles. The molecule has 1 aromatic carbocycles. The van der Waals surface area contributed by atoms with Gasteiger partial charge in [0.25, 0.3) is 0 Å². The molecule has 1 aliphatic rings. The highest BCUT2D eigenvalue weighted by molar-refractivity contribution is 5.91. The van der Waals surface area contributed by atoms with Crippen molar-refractivity contribution in [3.8, 4) is 5.75 Å². The normalized spacial score (nSPS) is 16.3. The number of urea groups is 1. The fraction of sp³-hybridized carbons (Fsp3) is 0.462. The van der Waals surface area contributed by atoms with Gasteiger partial charge < -0.3 is 15.7 Å². The molecule has 0 atom stereocenters. The van der Waals surface area contributed by atoms with Crippen LogP contribution in [0.25, 0.3) is 0 Å². The lowest BCUT2D eigenvalue weighted by atomic mass is 9.96. The molecule has 2 rings (SSSR count). The summed E-state index contributed by atoms with van der Waals surface area (Å²) in [5, 5.41) is 14.7. The summed E-state index contributed by atoms with van der Waals surface area (Å²) in [6.07, 6.45) is 5.40. The van der Waals surface area contributed by atoms with Crippen molar-refractivity contribution in [2.45, 2.75) is 38.1 Å². The number of aromatic hydroxyl groups is 1. The topological polar surface area (TPSA) is 61.4 Å². The lowest BCUT2D eigenvalue weighted by Gasteiger charge is -2.22. The number of hydrogen-bond acceptors (Lipinski definition) is 2. The van der Waals surface area contributed by atoms with Crippen LogP contribution in [0, 0.1) is 5.82 Å². The van der Waals surface area contributed by atoms with Gasteiger partial charge in [0, 0.05) is 6.04 Å². The number of halogens is 1. The van der Waals surface area contributed by atoms with Gasteiger partial charge in [0.05, 0.1) is 5.69 Å². The van der Waals surface area contributed by atoms with Gasteiger partial charge in [0.1, 0.15) is 0 Å². The second kappa shape index (κ2) is 5.71. The molecule has 4 nitrogen and oxygen atoms in total. The molecule has 2 amide bonds. The Balaban J connectivity index is 1.92. The molecule has 5 heteroatoms. The first kappa shape index (κ1) is 12.7. The summed E-state index contributed by atoms with van der Waals surface area (Å²) in [5.41, 5.74) is 0.0864. The van der Waals surface area contributed by atoms with Crippen LogP contribution in [0.5, 0.6) is 5.75 Å². The molecule has 0 aromatic heterocycles. The average molecular weight is 252 g/mol. The maximum Gasteiger partial charge on any atom is 0.319 e. The number of nitrogens with one attached hydrogen (secondary N) is 2. The van der Waals surface area contributed by atoms with Crippen molar-refractivity contribution in [1.29, 1.82) is 0 Å². The van der Waals surface area contributed by atoms with Gasteiger partial charge in [-0.1, -0.05) is 25.3 Å². The highest BCUT2D eigenvalue weighted by atomic mass is 19.1. The summed E-state index contributed by atoms with van der Waals surface area (Å²) in [6.45, 7) is 0. The van der Waals surface area contributed by atoms with Gasteiger partial charge in [-0.2, -0.15) is 0 Å². The summed E-state index contributed by atoms with van der Waals surface area (Å²) < 4.78 is 13.1. The number of amides is 2. The highest BCUT2D eigenvalue weighted by Gasteiger charge is 2.16. The van der Waals surface area contributed by atoms with Crippen LogP contribution in [0.1, 0.15) is 32.1 Å². The number of para-hydroxylation sites is 1. The van der Waals surface area contributed by atoms with Crippen LogP contribution < -0.4 is 10.6 Å². The molecule has 0 radical (unpaired) electrons. The SMILES string of the molecule is O=C(Nc1cccc(F)c1O)NC1CCCCC1. The van der Waals surface area contributed by atoms with Crippen molar-refractivity contribution >= 4 is 11.7 Å². The highest BCUT2D eigenvalue weighted by Crippen LogP contribution is 2.25. The molecule has 0 bridgehead atoms. The lowest BCUT2D eigenvalue weighted by molar-refractivity contribution is 0.244. The number of phenols is 1. The molecule has 1 saturated carbocycles. The van der Waals surface area contributed by atoms with Crippen LogP contribution in [0.3, 0.4) is 0 Å². The molecular formula is C13H17FN2O2. The van der Waals surface area contributed by atoms with E-state index in [1.165, 1.54) is 18.6 Å². The van der Waals surface area contributed by atoms with Crippen LogP contribution in [0.15, 0.2) is 18.2 Å². The van der Waals surface area contributed by atoms with Crippen LogP contribution in [-0.4, -0.2) is 17.2 Å². The molecule has 98 valence electrons. The maximum atomic E-state index is 13.1. The molecular weight excluding hydrogens is 235 g/mol. The number of anilines is 1. The third-order valence-corrected chi connectivity index (χ3v) is 3.18. The van der Waals surface area contributed by atoms with Crippen molar-refractivity contribution in [1.82, 2.24) is 5.32 Å². The quantitative estimate of drug-likeness (QED) is 0.708. The number of benzene rings is 1. The van der Waals surface area contributed by atoms with Crippen LogP contribution in [0.4, 0.5) is 14.9 Å². The van der Waals surface area contributed by atoms with E-state index in [1.54, 1.807) is 0 Å². The minimum Gasteiger partial charge on any atom is -0.503 e. The standard InChI is InChI=1S/C13H17FN2O2/c14-10-7-4-8-11(12(10)17)16-13(18)15-9-5-2-1-3-6-9/h4,7-9,17H,1-3,5-6H2,(H2,15,16,18). The van der Waals surface area contributed by atoms with Gasteiger partial charge >= 0.3 is 6.03 Å². The van der Waals surface area contributed by atoms with E-state index in [2.05, 4.69) is 10.6 Å². The molecule has 0 unspecified atom stereocenters. The van der Waals surface area contributed by atoms with E-state index in [0.29, 0.717) is 0 Å². The van der Waals surface area contributed by atoms with E-state index in [1.807, 2.05) is 0 Å². The van der Waals surface area contributed by atoms with Gasteiger partial charge in [-0.3, -0.25) is 0 Å². The summed E-state index contributed by atoms with van der Waals surface area (Å²) in [5.74, 6) is -1.28. The first-order chi connectivity index (χ1) is 8.66. The van der Waals surface area contributed by atoms with Crippen molar-refractivity contribution in [2.24, 2.45) is 0 Å². The maximum absolute atomic E-state index is 13.1. The molecule has 0 spiro atoms. The summed E-state index contributed by atoms with van der Waals surface area (Å²) in [6, 6.07) is 3.81. The first-order valence-electron chi connectivity index (χ1n) is 6.22. The number of carbonyl (C=O) groups excluding carboxylic acids is 1. The smallest absolute Gasteiger partial charge is 0.319 e. The third kappa shape index (κ3) is 3.12. The fourth-order valence-electron chi connectivity index (χ4n) is 2.21. The Bertz CT molecular complexity index is 431. The zero-order chi connectivity index (χ0) is 13.0. The molecule has 0 aliphatic heterocycles. The monoisotopic (exact) mass is 252 g/mol. The minimum atomic E-state index is -0.745. The van der Waals surface area contributed by atoms with Gasteiger partial charge in [-0.25, -0.2) is 9.18 Å². The number of carbonyl (C=O) groups is 1. The van der Waals surface area contributed by atoms with E-state index < -0.39 is 17.6 Å². The molecule has 0 saturated heterocycles. The predicted octanol–water partition coefficient (Wildman–Crippen LogP) is 2.99. The molecule has 1 aromatic rings. The second-order valence-electron chi connectivity index (χ2n) is 4.57. The van der Waals surface area contributed by atoms with Crippen molar-refractivity contribution in [3.63, 3.8) is 0 Å². The number of hydrogen-bond donors (Lipinski definition) is 3. The molecule has 3 N–H and O–H groups in total. The van der Waals surface area contributed by atoms with Crippen LogP contribution >= 0.6 is 0 Å². The van der Waals surface area contributed by atoms with E-state index in [9.17, 15) is 14.3 Å². The Morgan fingerprint density at radius 1 is 1.28 bits per heavy atom. The summed E-state index contributed by atoms with van der Waals surface area (Å²) in [7, 11) is 0. The zero-order valence-electron chi connectivity index (χ0n) is 10.1. The summed E-state index contributed by atoms with van der Waals surface area (Å²) in [4.78, 5) is 11.7. The van der Waals surface area contributed by atoms with E-state index in [0.717, 1.165) is 31.7 Å². The van der Waals surface area contributed by atoms with Gasteiger partial charge in [0.2, 0.25) is 0 Å². The second-order valence-corrected chi connectivity index (χ2v) is 4.57. The van der Waals surface area contributed by atoms with Gasteiger partial charge in [-0.05, 0) is 25.0 Å². The van der Waals surface area contributed by atoms with E-state index >= 15 is 0 Å². The largest absolute Gasteiger partial charge is 0.503 e. The van der Waals surface area contributed by atoms with E-state index in [4.69, 9.17) is 0 Å². The number of rotatable bonds is 2. The first-order valence-corrected chi connectivity index (χ1v) is 6.22. The van der Waals surface area contributed by atoms with Crippen LogP contribution in [-0.2, 0) is 0 Å². The molecule has 18 heavy (non-hydrogen) atoms. The van der Waals surface area contributed by atoms with E-state index in [-0.39, 0.29) is 11.7 Å². The van der Waals surface area contributed by atoms with Crippen molar-refractivity contribution in [2.75, 3.05) is 5.32 Å². The molecule has 1 aliphatic carbocycles. The van der Waals surface area contributed by atoms with Gasteiger partial charge in [0.15, 0.2) is 11.6 Å². The van der Waals surface area contributed by atoms with Crippen LogP contribution in [0.2, 0.25) is 0 Å². The number of phenolic OH excluding ortho intramolecular Hbond substituents is 1. The Morgan fingerprint density at radius 3 is 2.72 bits per heavy atom. The van der Waals surface area contributed by atoms with Crippen molar-refractivity contribution < 1.29 is 14.3 Å². The van der Waals surface area contributed by atoms with Gasteiger partial charge in [-0.15, -0.1) is 0 Å². The predicted molar refractivity (Wildman–Crippen MR) is 67.1 cm³/mol. The zero-order valence-corrected chi connectivity index (χ0v) is 10.1. The average Bonchev–Trinajstić information content (AvgIpc) is 2.36. The summed E-state index contributed by atoms with van der Waals surface area (Å²) >= 11 is 0. The van der Waals surface area contributed by atoms with Crippen molar-refractivity contribution in [3.05, 3.63) is 24.0 Å². The lowest BCUT2D eigenvalue weighted by Crippen LogP contribution is -2.39. The Morgan fingerprint density at radius 2 is 2.00 bits per heavy atom. The fourth-order valence-corrected chi connectivity index (χ4v) is 2.21. The Kier molecular flexibility index (Phi) is 4.02. The third-order valence-electron chi connectivity index (χ3n) is 3.18. The Hall–Kier alpha value is -1.78.